The van der Waals surface area contributed by atoms with Gasteiger partial charge in [-0.2, -0.15) is 4.98 Å². The van der Waals surface area contributed by atoms with Crippen molar-refractivity contribution >= 4 is 39.0 Å². The number of carbonyl (C=O) groups excluding carboxylic acids is 1. The van der Waals surface area contributed by atoms with E-state index in [4.69, 9.17) is 5.73 Å². The number of aromatic nitrogens is 2. The van der Waals surface area contributed by atoms with Crippen molar-refractivity contribution in [2.45, 2.75) is 0 Å². The molecule has 2 aromatic heterocycles. The highest BCUT2D eigenvalue weighted by Crippen LogP contribution is 2.24. The maximum Gasteiger partial charge on any atom is 0.357 e. The third kappa shape index (κ3) is 2.48. The van der Waals surface area contributed by atoms with E-state index in [0.29, 0.717) is 16.5 Å². The first kappa shape index (κ1) is 13.3. The fraction of sp³-hybridized carbons (Fsp3) is 0. The minimum Gasteiger partial charge on any atom is -0.381 e. The molecule has 0 saturated heterocycles. The molecule has 1 aromatic carbocycles. The van der Waals surface area contributed by atoms with Crippen molar-refractivity contribution in [3.8, 4) is 0 Å². The Balaban J connectivity index is 1.92. The van der Waals surface area contributed by atoms with E-state index in [1.54, 1.807) is 23.5 Å². The number of hydrogen-bond donors (Lipinski definition) is 2. The van der Waals surface area contributed by atoms with Crippen LogP contribution in [0.25, 0.3) is 10.1 Å². The largest absolute Gasteiger partial charge is 0.381 e. The predicted octanol–water partition coefficient (Wildman–Crippen LogP) is 2.26. The Hall–Kier alpha value is -2.74. The van der Waals surface area contributed by atoms with Crippen molar-refractivity contribution in [3.63, 3.8) is 0 Å². The minimum absolute atomic E-state index is 0.495. The van der Waals surface area contributed by atoms with Gasteiger partial charge >= 0.3 is 11.7 Å². The number of halogens is 1. The van der Waals surface area contributed by atoms with Crippen molar-refractivity contribution in [3.05, 3.63) is 52.1 Å². The van der Waals surface area contributed by atoms with Crippen LogP contribution in [0.2, 0.25) is 0 Å². The van der Waals surface area contributed by atoms with E-state index in [9.17, 15) is 14.0 Å². The smallest absolute Gasteiger partial charge is 0.357 e. The van der Waals surface area contributed by atoms with Crippen LogP contribution in [0.3, 0.4) is 0 Å². The van der Waals surface area contributed by atoms with Gasteiger partial charge in [0.05, 0.1) is 6.20 Å². The van der Waals surface area contributed by atoms with E-state index in [2.05, 4.69) is 10.3 Å². The first-order valence-electron chi connectivity index (χ1n) is 5.88. The normalized spacial score (nSPS) is 10.7. The lowest BCUT2D eigenvalue weighted by atomic mass is 10.2. The number of anilines is 2. The van der Waals surface area contributed by atoms with Gasteiger partial charge in [0.1, 0.15) is 0 Å². The zero-order valence-electron chi connectivity index (χ0n) is 10.5. The first-order valence-corrected chi connectivity index (χ1v) is 6.76. The summed E-state index contributed by atoms with van der Waals surface area (Å²) in [7, 11) is 0. The second kappa shape index (κ2) is 4.98. The summed E-state index contributed by atoms with van der Waals surface area (Å²) >= 11 is 1.58. The lowest BCUT2D eigenvalue weighted by molar-refractivity contribution is 0.252. The van der Waals surface area contributed by atoms with Gasteiger partial charge in [-0.05, 0) is 35.0 Å². The monoisotopic (exact) mass is 304 g/mol. The zero-order chi connectivity index (χ0) is 15.0. The SMILES string of the molecule is Nc1nc(=O)n(C(=O)Nc2ccc3sccc3c2)cc1F. The molecule has 0 spiro atoms. The molecule has 0 saturated carbocycles. The molecule has 3 aromatic rings. The van der Waals surface area contributed by atoms with Crippen LogP contribution in [-0.4, -0.2) is 15.6 Å². The molecule has 0 radical (unpaired) electrons. The number of thiophene rings is 1. The number of nitrogens with zero attached hydrogens (tertiary/aromatic N) is 2. The van der Waals surface area contributed by atoms with Crippen LogP contribution in [0.4, 0.5) is 20.7 Å². The van der Waals surface area contributed by atoms with E-state index in [0.717, 1.165) is 10.1 Å². The summed E-state index contributed by atoms with van der Waals surface area (Å²) in [6, 6.07) is 6.41. The summed E-state index contributed by atoms with van der Waals surface area (Å²) in [5.41, 5.74) is 4.72. The predicted molar refractivity (Wildman–Crippen MR) is 79.1 cm³/mol. The maximum absolute atomic E-state index is 13.3. The highest BCUT2D eigenvalue weighted by atomic mass is 32.1. The van der Waals surface area contributed by atoms with Crippen LogP contribution in [-0.2, 0) is 0 Å². The molecule has 0 aliphatic carbocycles. The van der Waals surface area contributed by atoms with E-state index >= 15 is 0 Å². The first-order chi connectivity index (χ1) is 10.0. The molecule has 2 heterocycles. The van der Waals surface area contributed by atoms with E-state index in [1.165, 1.54) is 0 Å². The average Bonchev–Trinajstić information content (AvgIpc) is 2.90. The molecule has 0 aliphatic rings. The van der Waals surface area contributed by atoms with Crippen LogP contribution < -0.4 is 16.7 Å². The summed E-state index contributed by atoms with van der Waals surface area (Å²) in [4.78, 5) is 26.7. The summed E-state index contributed by atoms with van der Waals surface area (Å²) < 4.78 is 14.9. The third-order valence-corrected chi connectivity index (χ3v) is 3.73. The maximum atomic E-state index is 13.3. The number of fused-ring (bicyclic) bond motifs is 1. The second-order valence-corrected chi connectivity index (χ2v) is 5.18. The molecule has 6 nitrogen and oxygen atoms in total. The van der Waals surface area contributed by atoms with Gasteiger partial charge in [0.25, 0.3) is 0 Å². The minimum atomic E-state index is -0.942. The van der Waals surface area contributed by atoms with Gasteiger partial charge in [0.2, 0.25) is 0 Å². The molecule has 106 valence electrons. The van der Waals surface area contributed by atoms with Gasteiger partial charge in [-0.15, -0.1) is 11.3 Å². The summed E-state index contributed by atoms with van der Waals surface area (Å²) in [5, 5.41) is 5.40. The topological polar surface area (TPSA) is 90.0 Å². The fourth-order valence-electron chi connectivity index (χ4n) is 1.82. The second-order valence-electron chi connectivity index (χ2n) is 4.23. The molecular formula is C13H9FN4O2S. The van der Waals surface area contributed by atoms with Crippen molar-refractivity contribution in [1.82, 2.24) is 9.55 Å². The van der Waals surface area contributed by atoms with Crippen molar-refractivity contribution in [2.24, 2.45) is 0 Å². The molecule has 0 atom stereocenters. The number of rotatable bonds is 1. The number of carbonyl (C=O) groups is 1. The van der Waals surface area contributed by atoms with Gasteiger partial charge in [-0.3, -0.25) is 0 Å². The average molecular weight is 304 g/mol. The Morgan fingerprint density at radius 1 is 1.38 bits per heavy atom. The molecule has 0 unspecified atom stereocenters. The summed E-state index contributed by atoms with van der Waals surface area (Å²) in [6.45, 7) is 0. The van der Waals surface area contributed by atoms with Gasteiger partial charge in [-0.1, -0.05) is 0 Å². The van der Waals surface area contributed by atoms with Gasteiger partial charge in [0.15, 0.2) is 11.6 Å². The lowest BCUT2D eigenvalue weighted by Crippen LogP contribution is -2.33. The van der Waals surface area contributed by atoms with E-state index < -0.39 is 23.4 Å². The highest BCUT2D eigenvalue weighted by Gasteiger charge is 2.12. The zero-order valence-corrected chi connectivity index (χ0v) is 11.4. The van der Waals surface area contributed by atoms with Crippen LogP contribution in [0.5, 0.6) is 0 Å². The summed E-state index contributed by atoms with van der Waals surface area (Å²) in [5.74, 6) is -1.47. The number of hydrogen-bond acceptors (Lipinski definition) is 5. The Kier molecular flexibility index (Phi) is 3.15. The molecular weight excluding hydrogens is 295 g/mol. The Morgan fingerprint density at radius 3 is 3.00 bits per heavy atom. The standard InChI is InChI=1S/C13H9FN4O2S/c14-9-6-18(13(20)17-11(9)15)12(19)16-8-1-2-10-7(5-8)3-4-21-10/h1-6H,(H,16,19)(H2,15,17,20). The van der Waals surface area contributed by atoms with E-state index in [-0.39, 0.29) is 0 Å². The van der Waals surface area contributed by atoms with E-state index in [1.807, 2.05) is 17.5 Å². The fourth-order valence-corrected chi connectivity index (χ4v) is 2.59. The summed E-state index contributed by atoms with van der Waals surface area (Å²) in [6.07, 6.45) is 0.711. The lowest BCUT2D eigenvalue weighted by Gasteiger charge is -2.07. The molecule has 8 heteroatoms. The van der Waals surface area contributed by atoms with Crippen LogP contribution >= 0.6 is 11.3 Å². The van der Waals surface area contributed by atoms with Crippen LogP contribution in [0.1, 0.15) is 0 Å². The third-order valence-electron chi connectivity index (χ3n) is 2.83. The number of nitrogen functional groups attached to an aromatic ring is 1. The van der Waals surface area contributed by atoms with Gasteiger partial charge in [0, 0.05) is 10.4 Å². The van der Waals surface area contributed by atoms with Crippen molar-refractivity contribution in [1.29, 1.82) is 0 Å². The molecule has 0 fully saturated rings. The van der Waals surface area contributed by atoms with Crippen molar-refractivity contribution < 1.29 is 9.18 Å². The molecule has 21 heavy (non-hydrogen) atoms. The van der Waals surface area contributed by atoms with Gasteiger partial charge < -0.3 is 11.1 Å². The Bertz CT molecular complexity index is 903. The number of nitrogens with one attached hydrogen (secondary N) is 1. The van der Waals surface area contributed by atoms with Gasteiger partial charge in [-0.25, -0.2) is 18.5 Å². The quantitative estimate of drug-likeness (QED) is 0.721. The number of benzene rings is 1. The number of amides is 1. The highest BCUT2D eigenvalue weighted by molar-refractivity contribution is 7.17. The molecule has 0 bridgehead atoms. The Labute approximate surface area is 121 Å². The number of nitrogens with two attached hydrogens (primary N) is 1. The van der Waals surface area contributed by atoms with Crippen LogP contribution in [0, 0.1) is 5.82 Å². The molecule has 3 rings (SSSR count). The molecule has 0 aliphatic heterocycles. The molecule has 3 N–H and O–H groups in total. The molecule has 1 amide bonds. The Morgan fingerprint density at radius 2 is 2.19 bits per heavy atom. The van der Waals surface area contributed by atoms with Crippen LogP contribution in [0.15, 0.2) is 40.6 Å². The van der Waals surface area contributed by atoms with Crippen molar-refractivity contribution in [2.75, 3.05) is 11.1 Å².